The van der Waals surface area contributed by atoms with Gasteiger partial charge in [-0.2, -0.15) is 13.2 Å². The van der Waals surface area contributed by atoms with E-state index in [9.17, 15) is 26.4 Å². The van der Waals surface area contributed by atoms with Gasteiger partial charge in [-0.25, -0.2) is 19.3 Å². The second-order valence-electron chi connectivity index (χ2n) is 14.1. The highest BCUT2D eigenvalue weighted by molar-refractivity contribution is 7.91. The van der Waals surface area contributed by atoms with Crippen molar-refractivity contribution in [3.8, 4) is 0 Å². The van der Waals surface area contributed by atoms with Gasteiger partial charge in [0.1, 0.15) is 0 Å². The summed E-state index contributed by atoms with van der Waals surface area (Å²) in [6, 6.07) is -0.206. The minimum atomic E-state index is -4.36. The SMILES string of the molecule is CC(C1CC2C(=O)N(C3CCCC(C4(CC5NNCN5C)COC4)C3)CC2C(C(F)(F)F)C1)N1CC(S(C)(=O)=O)C1. The predicted molar refractivity (Wildman–Crippen MR) is 147 cm³/mol. The molecule has 1 amide bonds. The number of amides is 1. The van der Waals surface area contributed by atoms with E-state index in [1.54, 1.807) is 0 Å². The Hall–Kier alpha value is -0.990. The molecule has 0 aromatic carbocycles. The van der Waals surface area contributed by atoms with Gasteiger partial charge in [0.2, 0.25) is 5.91 Å². The molecule has 8 atom stereocenters. The molecule has 0 spiro atoms. The highest BCUT2D eigenvalue weighted by Crippen LogP contribution is 2.53. The lowest BCUT2D eigenvalue weighted by atomic mass is 9.64. The molecular formula is C28H46F3N5O4S. The number of hydrogen-bond donors (Lipinski definition) is 2. The van der Waals surface area contributed by atoms with Crippen molar-refractivity contribution in [1.29, 1.82) is 0 Å². The van der Waals surface area contributed by atoms with Gasteiger partial charge in [-0.3, -0.25) is 14.6 Å². The molecule has 0 aromatic heterocycles. The monoisotopic (exact) mass is 605 g/mol. The van der Waals surface area contributed by atoms with E-state index in [-0.39, 0.29) is 48.5 Å². The summed E-state index contributed by atoms with van der Waals surface area (Å²) in [7, 11) is -1.08. The predicted octanol–water partition coefficient (Wildman–Crippen LogP) is 2.06. The number of halogens is 3. The number of nitrogens with zero attached hydrogens (tertiary/aromatic N) is 3. The van der Waals surface area contributed by atoms with Crippen LogP contribution in [0.15, 0.2) is 0 Å². The molecule has 0 radical (unpaired) electrons. The number of rotatable bonds is 7. The summed E-state index contributed by atoms with van der Waals surface area (Å²) >= 11 is 0. The lowest BCUT2D eigenvalue weighted by molar-refractivity contribution is -0.206. The van der Waals surface area contributed by atoms with Crippen LogP contribution in [0.4, 0.5) is 13.2 Å². The van der Waals surface area contributed by atoms with Crippen LogP contribution in [-0.2, 0) is 19.4 Å². The van der Waals surface area contributed by atoms with Crippen molar-refractivity contribution in [2.75, 3.05) is 52.8 Å². The molecule has 8 unspecified atom stereocenters. The minimum absolute atomic E-state index is 0.0106. The highest BCUT2D eigenvalue weighted by Gasteiger charge is 2.59. The smallest absolute Gasteiger partial charge is 0.380 e. The minimum Gasteiger partial charge on any atom is -0.380 e. The Bertz CT molecular complexity index is 1100. The molecule has 0 aromatic rings. The maximum Gasteiger partial charge on any atom is 0.392 e. The number of likely N-dealkylation sites (tertiary alicyclic amines) is 2. The average molecular weight is 606 g/mol. The standard InChI is InChI=1S/C28H46F3N5O4S/c1-17(35-11-21(12-35)41(3,38)39)18-7-22-23(24(8-18)28(29,30)31)13-36(26(22)37)20-6-4-5-19(9-20)27(14-40-15-27)10-25-33-32-16-34(25)2/h17-25,32-33H,4-16H2,1-3H3. The second kappa shape index (κ2) is 10.9. The molecule has 4 heterocycles. The third-order valence-corrected chi connectivity index (χ3v) is 13.3. The zero-order valence-corrected chi connectivity index (χ0v) is 25.2. The number of sulfone groups is 1. The van der Waals surface area contributed by atoms with E-state index in [1.807, 2.05) is 16.7 Å². The Morgan fingerprint density at radius 2 is 1.85 bits per heavy atom. The van der Waals surface area contributed by atoms with Gasteiger partial charge < -0.3 is 9.64 Å². The molecule has 2 aliphatic carbocycles. The van der Waals surface area contributed by atoms with Gasteiger partial charge in [0, 0.05) is 49.3 Å². The molecule has 9 nitrogen and oxygen atoms in total. The molecule has 4 aliphatic heterocycles. The molecule has 4 saturated heterocycles. The number of hydrazine groups is 1. The van der Waals surface area contributed by atoms with Crippen LogP contribution in [-0.4, -0.2) is 112 Å². The number of ether oxygens (including phenoxy) is 1. The first-order valence-corrected chi connectivity index (χ1v) is 17.3. The van der Waals surface area contributed by atoms with E-state index in [2.05, 4.69) is 22.8 Å². The van der Waals surface area contributed by atoms with Gasteiger partial charge in [0.15, 0.2) is 9.84 Å². The Morgan fingerprint density at radius 3 is 2.44 bits per heavy atom. The van der Waals surface area contributed by atoms with Crippen LogP contribution in [0.1, 0.15) is 51.9 Å². The van der Waals surface area contributed by atoms with Gasteiger partial charge in [-0.1, -0.05) is 6.42 Å². The lowest BCUT2D eigenvalue weighted by Gasteiger charge is -2.52. The quantitative estimate of drug-likeness (QED) is 0.456. The number of hydrogen-bond acceptors (Lipinski definition) is 8. The fourth-order valence-electron chi connectivity index (χ4n) is 8.91. The Morgan fingerprint density at radius 1 is 1.12 bits per heavy atom. The molecule has 0 bridgehead atoms. The van der Waals surface area contributed by atoms with Crippen molar-refractivity contribution in [2.45, 2.75) is 81.5 Å². The number of nitrogens with one attached hydrogen (secondary N) is 2. The zero-order valence-electron chi connectivity index (χ0n) is 24.4. The van der Waals surface area contributed by atoms with E-state index in [1.165, 1.54) is 6.26 Å². The van der Waals surface area contributed by atoms with Crippen molar-refractivity contribution >= 4 is 15.7 Å². The third kappa shape index (κ3) is 5.56. The summed E-state index contributed by atoms with van der Waals surface area (Å²) in [5, 5.41) is -0.451. The number of fused-ring (bicyclic) bond motifs is 1. The van der Waals surface area contributed by atoms with Crippen molar-refractivity contribution in [2.24, 2.45) is 35.0 Å². The number of alkyl halides is 3. The van der Waals surface area contributed by atoms with Crippen LogP contribution in [0.25, 0.3) is 0 Å². The first-order valence-electron chi connectivity index (χ1n) is 15.3. The summed E-state index contributed by atoms with van der Waals surface area (Å²) in [6.07, 6.45) is 2.18. The van der Waals surface area contributed by atoms with Crippen LogP contribution in [0.5, 0.6) is 0 Å². The normalized spacial score (nSPS) is 39.8. The maximum atomic E-state index is 14.5. The summed E-state index contributed by atoms with van der Waals surface area (Å²) in [4.78, 5) is 20.0. The van der Waals surface area contributed by atoms with Gasteiger partial charge in [0.25, 0.3) is 0 Å². The summed E-state index contributed by atoms with van der Waals surface area (Å²) in [5.41, 5.74) is 6.58. The molecule has 6 aliphatic rings. The number of carbonyl (C=O) groups excluding carboxylic acids is 1. The number of carbonyl (C=O) groups is 1. The molecule has 13 heteroatoms. The molecule has 6 fully saturated rings. The van der Waals surface area contributed by atoms with Crippen LogP contribution in [0.2, 0.25) is 0 Å². The fourth-order valence-corrected chi connectivity index (χ4v) is 9.83. The van der Waals surface area contributed by atoms with Gasteiger partial charge in [-0.05, 0) is 70.3 Å². The van der Waals surface area contributed by atoms with E-state index in [0.717, 1.165) is 38.8 Å². The van der Waals surface area contributed by atoms with Crippen molar-refractivity contribution in [3.63, 3.8) is 0 Å². The molecule has 234 valence electrons. The molecule has 6 rings (SSSR count). The Balaban J connectivity index is 1.15. The Labute approximate surface area is 241 Å². The molecule has 2 saturated carbocycles. The average Bonchev–Trinajstić information content (AvgIpc) is 3.40. The lowest BCUT2D eigenvalue weighted by Crippen LogP contribution is -2.60. The highest BCUT2D eigenvalue weighted by atomic mass is 32.2. The van der Waals surface area contributed by atoms with Crippen LogP contribution >= 0.6 is 0 Å². The summed E-state index contributed by atoms with van der Waals surface area (Å²) in [6.45, 7) is 5.00. The molecular weight excluding hydrogens is 559 g/mol. The first-order chi connectivity index (χ1) is 19.3. The van der Waals surface area contributed by atoms with Crippen LogP contribution in [0, 0.1) is 35.0 Å². The third-order valence-electron chi connectivity index (χ3n) is 11.8. The van der Waals surface area contributed by atoms with E-state index in [0.29, 0.717) is 38.6 Å². The van der Waals surface area contributed by atoms with Crippen LogP contribution in [0.3, 0.4) is 0 Å². The second-order valence-corrected chi connectivity index (χ2v) is 16.4. The zero-order chi connectivity index (χ0) is 29.3. The summed E-state index contributed by atoms with van der Waals surface area (Å²) in [5.74, 6) is -2.82. The van der Waals surface area contributed by atoms with E-state index in [4.69, 9.17) is 4.74 Å². The topological polar surface area (TPSA) is 94.2 Å². The van der Waals surface area contributed by atoms with Gasteiger partial charge >= 0.3 is 6.18 Å². The van der Waals surface area contributed by atoms with Gasteiger partial charge in [0.05, 0.1) is 37.2 Å². The molecule has 41 heavy (non-hydrogen) atoms. The fraction of sp³-hybridized carbons (Fsp3) is 0.964. The Kier molecular flexibility index (Phi) is 7.97. The van der Waals surface area contributed by atoms with Crippen molar-refractivity contribution < 1.29 is 31.1 Å². The van der Waals surface area contributed by atoms with Crippen molar-refractivity contribution in [3.05, 3.63) is 0 Å². The van der Waals surface area contributed by atoms with E-state index >= 15 is 0 Å². The first kappa shape index (κ1) is 30.1. The van der Waals surface area contributed by atoms with E-state index < -0.39 is 39.0 Å². The summed E-state index contributed by atoms with van der Waals surface area (Å²) < 4.78 is 72.9. The van der Waals surface area contributed by atoms with Gasteiger partial charge in [-0.15, -0.1) is 0 Å². The maximum absolute atomic E-state index is 14.5. The van der Waals surface area contributed by atoms with Crippen LogP contribution < -0.4 is 10.9 Å². The molecule has 2 N–H and O–H groups in total. The van der Waals surface area contributed by atoms with Crippen molar-refractivity contribution in [1.82, 2.24) is 25.6 Å². The largest absolute Gasteiger partial charge is 0.392 e.